The van der Waals surface area contributed by atoms with Crippen LogP contribution >= 0.6 is 0 Å². The van der Waals surface area contributed by atoms with Crippen molar-refractivity contribution < 1.29 is 13.0 Å². The molecule has 1 saturated heterocycles. The Labute approximate surface area is 137 Å². The van der Waals surface area contributed by atoms with Crippen LogP contribution in [0.5, 0.6) is 0 Å². The molecular formula is C11H18CaN2O3S. The molecule has 1 aliphatic heterocycles. The molecule has 98 valence electrons. The van der Waals surface area contributed by atoms with Gasteiger partial charge in [-0.2, -0.15) is 8.42 Å². The van der Waals surface area contributed by atoms with E-state index in [0.717, 1.165) is 31.7 Å². The fourth-order valence-corrected chi connectivity index (χ4v) is 2.79. The second kappa shape index (κ2) is 6.54. The Hall–Kier alpha value is 0.150. The molecule has 0 unspecified atom stereocenters. The molecule has 0 radical (unpaired) electrons. The Morgan fingerprint density at radius 3 is 2.44 bits per heavy atom. The van der Waals surface area contributed by atoms with Crippen molar-refractivity contribution in [1.29, 1.82) is 0 Å². The van der Waals surface area contributed by atoms with Gasteiger partial charge in [0.15, 0.2) is 0 Å². The summed E-state index contributed by atoms with van der Waals surface area (Å²) >= 11 is 0. The van der Waals surface area contributed by atoms with Gasteiger partial charge in [-0.3, -0.25) is 4.55 Å². The third-order valence-electron chi connectivity index (χ3n) is 2.85. The first kappa shape index (κ1) is 16.2. The van der Waals surface area contributed by atoms with Crippen molar-refractivity contribution in [2.24, 2.45) is 0 Å². The fraction of sp³-hybridized carbons (Fsp3) is 0.455. The molecule has 2 N–H and O–H groups in total. The van der Waals surface area contributed by atoms with E-state index >= 15 is 0 Å². The van der Waals surface area contributed by atoms with Crippen molar-refractivity contribution >= 4 is 53.5 Å². The minimum atomic E-state index is -4.17. The first-order chi connectivity index (χ1) is 7.98. The van der Waals surface area contributed by atoms with Crippen molar-refractivity contribution in [3.05, 3.63) is 23.8 Å². The fourth-order valence-electron chi connectivity index (χ4n) is 1.99. The van der Waals surface area contributed by atoms with Crippen molar-refractivity contribution in [3.63, 3.8) is 0 Å². The Bertz CT molecular complexity index is 513. The van der Waals surface area contributed by atoms with E-state index in [2.05, 4.69) is 5.32 Å². The topological polar surface area (TPSA) is 69.6 Å². The van der Waals surface area contributed by atoms with Gasteiger partial charge >= 0.3 is 37.7 Å². The van der Waals surface area contributed by atoms with E-state index in [1.807, 2.05) is 11.0 Å². The minimum absolute atomic E-state index is 0. The van der Waals surface area contributed by atoms with Crippen molar-refractivity contribution in [1.82, 2.24) is 5.32 Å². The Balaban J connectivity index is 0.00000162. The molecule has 7 heteroatoms. The van der Waals surface area contributed by atoms with Crippen LogP contribution in [0.3, 0.4) is 0 Å². The van der Waals surface area contributed by atoms with Crippen LogP contribution in [0.2, 0.25) is 0 Å². The summed E-state index contributed by atoms with van der Waals surface area (Å²) in [5, 5.41) is 3.20. The van der Waals surface area contributed by atoms with Gasteiger partial charge in [-0.1, -0.05) is 6.07 Å². The number of piperazine rings is 1. The Morgan fingerprint density at radius 2 is 1.89 bits per heavy atom. The standard InChI is InChI=1S/C11H16N2O3S.Ca.2H/c1-9-2-3-10(11(8-9)17(14,15)16)13-6-4-12-5-7-13;;;/h2-3,8,12H,4-7H2,1H3,(H,14,15,16);;;. The number of nitrogens with zero attached hydrogens (tertiary/aromatic N) is 1. The molecule has 0 saturated carbocycles. The van der Waals surface area contributed by atoms with Gasteiger partial charge in [0.05, 0.1) is 5.69 Å². The molecule has 1 aromatic carbocycles. The SMILES string of the molecule is Cc1ccc(N2CCNCC2)c(S(=O)(=O)O)c1.[CaH2]. The zero-order valence-corrected chi connectivity index (χ0v) is 10.5. The molecule has 18 heavy (non-hydrogen) atoms. The predicted octanol–water partition coefficient (Wildman–Crippen LogP) is -0.265. The summed E-state index contributed by atoms with van der Waals surface area (Å²) in [6, 6.07) is 5.11. The molecule has 0 bridgehead atoms. The van der Waals surface area contributed by atoms with E-state index in [1.165, 1.54) is 6.07 Å². The first-order valence-corrected chi connectivity index (χ1v) is 6.96. The molecule has 0 aliphatic carbocycles. The van der Waals surface area contributed by atoms with Gasteiger partial charge in [0.1, 0.15) is 4.90 Å². The molecular weight excluding hydrogens is 280 g/mol. The maximum atomic E-state index is 11.4. The monoisotopic (exact) mass is 298 g/mol. The zero-order valence-electron chi connectivity index (χ0n) is 9.68. The Morgan fingerprint density at radius 1 is 1.28 bits per heavy atom. The second-order valence-corrected chi connectivity index (χ2v) is 5.57. The molecule has 0 amide bonds. The second-order valence-electron chi connectivity index (χ2n) is 4.18. The van der Waals surface area contributed by atoms with Crippen LogP contribution in [0.4, 0.5) is 5.69 Å². The maximum absolute atomic E-state index is 11.4. The number of hydrogen-bond acceptors (Lipinski definition) is 4. The number of hydrogen-bond donors (Lipinski definition) is 2. The van der Waals surface area contributed by atoms with Crippen LogP contribution in [-0.4, -0.2) is 76.9 Å². The quantitative estimate of drug-likeness (QED) is 0.581. The van der Waals surface area contributed by atoms with Gasteiger partial charge in [0.2, 0.25) is 0 Å². The summed E-state index contributed by atoms with van der Waals surface area (Å²) in [5.74, 6) is 0. The Kier molecular flexibility index (Phi) is 5.89. The number of nitrogens with one attached hydrogen (secondary N) is 1. The molecule has 1 aromatic rings. The van der Waals surface area contributed by atoms with Gasteiger partial charge < -0.3 is 10.2 Å². The summed E-state index contributed by atoms with van der Waals surface area (Å²) in [4.78, 5) is 1.97. The molecule has 0 spiro atoms. The molecule has 2 rings (SSSR count). The third-order valence-corrected chi connectivity index (χ3v) is 3.73. The molecule has 5 nitrogen and oxygen atoms in total. The van der Waals surface area contributed by atoms with E-state index in [-0.39, 0.29) is 42.6 Å². The van der Waals surface area contributed by atoms with Crippen LogP contribution in [-0.2, 0) is 10.1 Å². The van der Waals surface area contributed by atoms with Gasteiger partial charge in [-0.05, 0) is 24.6 Å². The van der Waals surface area contributed by atoms with E-state index < -0.39 is 10.1 Å². The first-order valence-electron chi connectivity index (χ1n) is 5.52. The molecule has 0 aromatic heterocycles. The summed E-state index contributed by atoms with van der Waals surface area (Å²) < 4.78 is 32.0. The van der Waals surface area contributed by atoms with Gasteiger partial charge in [0, 0.05) is 26.2 Å². The van der Waals surface area contributed by atoms with Crippen molar-refractivity contribution in [3.8, 4) is 0 Å². The number of aryl methyl sites for hydroxylation is 1. The van der Waals surface area contributed by atoms with E-state index in [1.54, 1.807) is 13.0 Å². The van der Waals surface area contributed by atoms with Crippen LogP contribution in [0.15, 0.2) is 23.1 Å². The van der Waals surface area contributed by atoms with Crippen LogP contribution < -0.4 is 10.2 Å². The van der Waals surface area contributed by atoms with E-state index in [0.29, 0.717) is 5.69 Å². The number of anilines is 1. The molecule has 1 fully saturated rings. The summed E-state index contributed by atoms with van der Waals surface area (Å²) in [6.45, 7) is 4.92. The van der Waals surface area contributed by atoms with Crippen LogP contribution in [0.1, 0.15) is 5.56 Å². The van der Waals surface area contributed by atoms with Crippen molar-refractivity contribution in [2.45, 2.75) is 11.8 Å². The molecule has 1 aliphatic rings. The third kappa shape index (κ3) is 3.82. The van der Waals surface area contributed by atoms with Gasteiger partial charge in [0.25, 0.3) is 10.1 Å². The van der Waals surface area contributed by atoms with Crippen molar-refractivity contribution in [2.75, 3.05) is 31.1 Å². The zero-order chi connectivity index (χ0) is 12.5. The van der Waals surface area contributed by atoms with Gasteiger partial charge in [-0.15, -0.1) is 0 Å². The summed E-state index contributed by atoms with van der Waals surface area (Å²) in [5.41, 5.74) is 1.40. The summed E-state index contributed by atoms with van der Waals surface area (Å²) in [6.07, 6.45) is 0. The van der Waals surface area contributed by atoms with E-state index in [4.69, 9.17) is 0 Å². The van der Waals surface area contributed by atoms with E-state index in [9.17, 15) is 13.0 Å². The van der Waals surface area contributed by atoms with Gasteiger partial charge in [-0.25, -0.2) is 0 Å². The average Bonchev–Trinajstić information content (AvgIpc) is 2.29. The van der Waals surface area contributed by atoms with Crippen LogP contribution in [0.25, 0.3) is 0 Å². The number of rotatable bonds is 2. The summed E-state index contributed by atoms with van der Waals surface area (Å²) in [7, 11) is -4.17. The molecule has 1 heterocycles. The average molecular weight is 298 g/mol. The molecule has 0 atom stereocenters. The van der Waals surface area contributed by atoms with Crippen LogP contribution in [0, 0.1) is 6.92 Å². The number of benzene rings is 1. The predicted molar refractivity (Wildman–Crippen MR) is 74.6 cm³/mol. The normalized spacial score (nSPS) is 16.2.